The molecule has 0 amide bonds. The summed E-state index contributed by atoms with van der Waals surface area (Å²) in [5, 5.41) is 29.3. The third-order valence-electron chi connectivity index (χ3n) is 7.23. The summed E-state index contributed by atoms with van der Waals surface area (Å²) in [5.74, 6) is 1.98. The monoisotopic (exact) mass is 540 g/mol. The number of benzene rings is 4. The normalized spacial score (nSPS) is 11.8. The van der Waals surface area contributed by atoms with Crippen LogP contribution in [0, 0.1) is 0 Å². The lowest BCUT2D eigenvalue weighted by molar-refractivity contribution is 0.413. The second kappa shape index (κ2) is 14.4. The Morgan fingerprint density at radius 3 is 1.68 bits per heavy atom. The fourth-order valence-corrected chi connectivity index (χ4v) is 5.00. The van der Waals surface area contributed by atoms with E-state index in [-0.39, 0.29) is 17.5 Å². The van der Waals surface area contributed by atoms with Crippen LogP contribution in [0.15, 0.2) is 84.9 Å². The van der Waals surface area contributed by atoms with Gasteiger partial charge >= 0.3 is 0 Å². The van der Waals surface area contributed by atoms with Gasteiger partial charge in [0, 0.05) is 59.1 Å². The summed E-state index contributed by atoms with van der Waals surface area (Å²) in [5.41, 5.74) is 4.91. The molecule has 0 bridgehead atoms. The lowest BCUT2D eigenvalue weighted by Crippen LogP contribution is -2.38. The molecule has 0 unspecified atom stereocenters. The second-order valence-electron chi connectivity index (χ2n) is 9.88. The zero-order valence-electron chi connectivity index (χ0n) is 23.6. The largest absolute Gasteiger partial charge is 0.507 e. The number of phenolic OH excluding ortho intramolecular Hbond substituents is 2. The Balaban J connectivity index is 1.43. The molecule has 0 fully saturated rings. The number of para-hydroxylation sites is 4. The molecule has 210 valence electrons. The highest BCUT2D eigenvalue weighted by Crippen LogP contribution is 2.38. The highest BCUT2D eigenvalue weighted by Gasteiger charge is 2.16. The summed E-state index contributed by atoms with van der Waals surface area (Å²) in [6, 6.07) is 27.3. The predicted molar refractivity (Wildman–Crippen MR) is 162 cm³/mol. The number of hydrogen-bond acceptors (Lipinski definition) is 6. The van der Waals surface area contributed by atoms with E-state index in [0.29, 0.717) is 13.1 Å². The molecule has 4 aromatic carbocycles. The molecule has 4 rings (SSSR count). The van der Waals surface area contributed by atoms with Crippen LogP contribution in [0.25, 0.3) is 22.3 Å². The SMILES string of the molecule is CCCC[C@@H](CNCc1cccc(-c2ccccc2OC)c1O)NCc1cccc(-c2ccccc2OC)c1O. The third-order valence-corrected chi connectivity index (χ3v) is 7.23. The third kappa shape index (κ3) is 6.95. The molecule has 4 aromatic rings. The maximum Gasteiger partial charge on any atom is 0.128 e. The van der Waals surface area contributed by atoms with Crippen LogP contribution >= 0.6 is 0 Å². The van der Waals surface area contributed by atoms with E-state index in [9.17, 15) is 10.2 Å². The smallest absolute Gasteiger partial charge is 0.128 e. The number of methoxy groups -OCH3 is 2. The highest BCUT2D eigenvalue weighted by atomic mass is 16.5. The van der Waals surface area contributed by atoms with E-state index in [4.69, 9.17) is 9.47 Å². The van der Waals surface area contributed by atoms with Crippen molar-refractivity contribution in [2.24, 2.45) is 0 Å². The molecular weight excluding hydrogens is 500 g/mol. The number of unbranched alkanes of at least 4 members (excludes halogenated alkanes) is 1. The number of ether oxygens (including phenoxy) is 2. The first-order valence-electron chi connectivity index (χ1n) is 13.9. The van der Waals surface area contributed by atoms with Crippen molar-refractivity contribution in [3.63, 3.8) is 0 Å². The van der Waals surface area contributed by atoms with Gasteiger partial charge < -0.3 is 30.3 Å². The van der Waals surface area contributed by atoms with Crippen molar-refractivity contribution in [1.82, 2.24) is 10.6 Å². The Morgan fingerprint density at radius 1 is 0.650 bits per heavy atom. The predicted octanol–water partition coefficient (Wildman–Crippen LogP) is 6.89. The molecule has 0 radical (unpaired) electrons. The summed E-state index contributed by atoms with van der Waals surface area (Å²) in [6.07, 6.45) is 3.21. The van der Waals surface area contributed by atoms with Gasteiger partial charge in [-0.15, -0.1) is 0 Å². The zero-order valence-corrected chi connectivity index (χ0v) is 23.6. The average molecular weight is 541 g/mol. The van der Waals surface area contributed by atoms with E-state index in [1.165, 1.54) is 0 Å². The minimum Gasteiger partial charge on any atom is -0.507 e. The van der Waals surface area contributed by atoms with Crippen molar-refractivity contribution >= 4 is 0 Å². The summed E-state index contributed by atoms with van der Waals surface area (Å²) in [4.78, 5) is 0. The Bertz CT molecular complexity index is 1390. The molecule has 0 aliphatic heterocycles. The molecule has 0 aromatic heterocycles. The summed E-state index contributed by atoms with van der Waals surface area (Å²) in [7, 11) is 3.28. The quantitative estimate of drug-likeness (QED) is 0.139. The average Bonchev–Trinajstić information content (AvgIpc) is 2.99. The second-order valence-corrected chi connectivity index (χ2v) is 9.88. The summed E-state index contributed by atoms with van der Waals surface area (Å²) < 4.78 is 11.0. The fraction of sp³-hybridized carbons (Fsp3) is 0.294. The van der Waals surface area contributed by atoms with Crippen LogP contribution in [-0.2, 0) is 13.1 Å². The molecule has 0 saturated carbocycles. The summed E-state index contributed by atoms with van der Waals surface area (Å²) in [6.45, 7) is 3.99. The van der Waals surface area contributed by atoms with Crippen LogP contribution in [0.2, 0.25) is 0 Å². The van der Waals surface area contributed by atoms with Gasteiger partial charge in [0.1, 0.15) is 23.0 Å². The van der Waals surface area contributed by atoms with E-state index in [1.54, 1.807) is 14.2 Å². The van der Waals surface area contributed by atoms with Crippen LogP contribution in [0.3, 0.4) is 0 Å². The van der Waals surface area contributed by atoms with Crippen LogP contribution in [-0.4, -0.2) is 37.0 Å². The first-order valence-corrected chi connectivity index (χ1v) is 13.9. The van der Waals surface area contributed by atoms with E-state index >= 15 is 0 Å². The Labute approximate surface area is 237 Å². The number of nitrogens with one attached hydrogen (secondary N) is 2. The van der Waals surface area contributed by atoms with Crippen LogP contribution < -0.4 is 20.1 Å². The molecule has 40 heavy (non-hydrogen) atoms. The number of hydrogen-bond donors (Lipinski definition) is 4. The van der Waals surface area contributed by atoms with Crippen LogP contribution in [0.1, 0.15) is 37.3 Å². The van der Waals surface area contributed by atoms with Crippen molar-refractivity contribution in [3.05, 3.63) is 96.1 Å². The lowest BCUT2D eigenvalue weighted by atomic mass is 10.00. The fourth-order valence-electron chi connectivity index (χ4n) is 5.00. The molecule has 1 atom stereocenters. The molecule has 0 heterocycles. The maximum absolute atomic E-state index is 11.1. The molecule has 0 aliphatic carbocycles. The highest BCUT2D eigenvalue weighted by molar-refractivity contribution is 5.77. The first kappa shape index (κ1) is 29.0. The van der Waals surface area contributed by atoms with E-state index in [2.05, 4.69) is 17.6 Å². The number of aromatic hydroxyl groups is 2. The van der Waals surface area contributed by atoms with E-state index in [1.807, 2.05) is 84.9 Å². The summed E-state index contributed by atoms with van der Waals surface area (Å²) >= 11 is 0. The van der Waals surface area contributed by atoms with Crippen LogP contribution in [0.4, 0.5) is 0 Å². The van der Waals surface area contributed by atoms with Crippen molar-refractivity contribution in [2.75, 3.05) is 20.8 Å². The maximum atomic E-state index is 11.1. The van der Waals surface area contributed by atoms with Gasteiger partial charge in [0.2, 0.25) is 0 Å². The van der Waals surface area contributed by atoms with Gasteiger partial charge in [0.25, 0.3) is 0 Å². The molecule has 4 N–H and O–H groups in total. The molecule has 0 spiro atoms. The van der Waals surface area contributed by atoms with Gasteiger partial charge in [-0.05, 0) is 18.6 Å². The topological polar surface area (TPSA) is 83.0 Å². The molecule has 0 saturated heterocycles. The Hall–Kier alpha value is -4.00. The number of phenols is 2. The van der Waals surface area contributed by atoms with Crippen molar-refractivity contribution < 1.29 is 19.7 Å². The molecule has 6 nitrogen and oxygen atoms in total. The van der Waals surface area contributed by atoms with Gasteiger partial charge in [-0.2, -0.15) is 0 Å². The van der Waals surface area contributed by atoms with Crippen molar-refractivity contribution in [1.29, 1.82) is 0 Å². The minimum absolute atomic E-state index is 0.203. The standard InChI is InChI=1S/C34H40N2O4/c1-4-5-14-26(36-22-25-13-11-18-30(34(25)38)28-16-7-9-20-32(28)40-3)23-35-21-24-12-10-17-29(33(24)37)27-15-6-8-19-31(27)39-2/h6-13,15-20,26,35-38H,4-5,14,21-23H2,1-3H3/t26-/m0/s1. The first-order chi connectivity index (χ1) is 19.6. The van der Waals surface area contributed by atoms with Gasteiger partial charge in [0.05, 0.1) is 14.2 Å². The van der Waals surface area contributed by atoms with E-state index < -0.39 is 0 Å². The van der Waals surface area contributed by atoms with Gasteiger partial charge in [-0.1, -0.05) is 92.6 Å². The van der Waals surface area contributed by atoms with Crippen molar-refractivity contribution in [2.45, 2.75) is 45.3 Å². The van der Waals surface area contributed by atoms with Gasteiger partial charge in [-0.3, -0.25) is 0 Å². The van der Waals surface area contributed by atoms with Gasteiger partial charge in [0.15, 0.2) is 0 Å². The van der Waals surface area contributed by atoms with Crippen LogP contribution in [0.5, 0.6) is 23.0 Å². The molecular formula is C34H40N2O4. The van der Waals surface area contributed by atoms with E-state index in [0.717, 1.165) is 70.7 Å². The zero-order chi connectivity index (χ0) is 28.3. The minimum atomic E-state index is 0.203. The van der Waals surface area contributed by atoms with Gasteiger partial charge in [-0.25, -0.2) is 0 Å². The molecule has 0 aliphatic rings. The number of rotatable bonds is 14. The Kier molecular flexibility index (Phi) is 10.4. The lowest BCUT2D eigenvalue weighted by Gasteiger charge is -2.21. The Morgan fingerprint density at radius 2 is 1.15 bits per heavy atom. The molecule has 6 heteroatoms. The van der Waals surface area contributed by atoms with Crippen molar-refractivity contribution in [3.8, 4) is 45.3 Å².